The molecule has 0 N–H and O–H groups in total. The summed E-state index contributed by atoms with van der Waals surface area (Å²) >= 11 is 0. The van der Waals surface area contributed by atoms with Crippen molar-refractivity contribution in [3.8, 4) is 17.2 Å². The van der Waals surface area contributed by atoms with Gasteiger partial charge < -0.3 is 9.26 Å². The molecule has 8 heteroatoms. The number of halogens is 1. The minimum Gasteiger partial charge on any atom is -0.495 e. The fourth-order valence-corrected chi connectivity index (χ4v) is 2.44. The largest absolute Gasteiger partial charge is 0.495 e. The lowest BCUT2D eigenvalue weighted by atomic mass is 10.2. The lowest BCUT2D eigenvalue weighted by Gasteiger charge is -2.06. The van der Waals surface area contributed by atoms with Crippen molar-refractivity contribution >= 4 is 19.7 Å². The molecule has 0 saturated carbocycles. The highest BCUT2D eigenvalue weighted by Gasteiger charge is 2.19. The summed E-state index contributed by atoms with van der Waals surface area (Å²) in [6.07, 6.45) is 0. The zero-order chi connectivity index (χ0) is 13.3. The molecule has 0 aliphatic carbocycles. The molecule has 0 saturated heterocycles. The van der Waals surface area contributed by atoms with Crippen LogP contribution in [0.25, 0.3) is 11.5 Å². The molecule has 0 bridgehead atoms. The number of aromatic nitrogens is 2. The maximum Gasteiger partial charge on any atom is 0.265 e. The Morgan fingerprint density at radius 2 is 2.11 bits per heavy atom. The molecule has 2 aromatic rings. The Labute approximate surface area is 108 Å². The van der Waals surface area contributed by atoms with Gasteiger partial charge in [-0.1, -0.05) is 5.16 Å². The van der Waals surface area contributed by atoms with E-state index in [1.807, 2.05) is 0 Å². The molecule has 18 heavy (non-hydrogen) atoms. The van der Waals surface area contributed by atoms with Crippen LogP contribution in [0.1, 0.15) is 5.82 Å². The van der Waals surface area contributed by atoms with Gasteiger partial charge >= 0.3 is 0 Å². The smallest absolute Gasteiger partial charge is 0.265 e. The van der Waals surface area contributed by atoms with Crippen LogP contribution in [0.15, 0.2) is 27.6 Å². The summed E-state index contributed by atoms with van der Waals surface area (Å²) in [6, 6.07) is 4.41. The molecular weight excluding hydrogens is 280 g/mol. The van der Waals surface area contributed by atoms with Gasteiger partial charge in [0.25, 0.3) is 14.9 Å². The number of ether oxygens (including phenoxy) is 1. The molecule has 6 nitrogen and oxygen atoms in total. The minimum atomic E-state index is -3.91. The SMILES string of the molecule is COc1ccc(-c2nc(C)no2)cc1S(=O)(=O)Cl. The Kier molecular flexibility index (Phi) is 3.27. The third-order valence-corrected chi connectivity index (χ3v) is 3.54. The maximum absolute atomic E-state index is 11.4. The van der Waals surface area contributed by atoms with E-state index in [-0.39, 0.29) is 16.5 Å². The first-order valence-electron chi connectivity index (χ1n) is 4.85. The molecule has 1 aromatic heterocycles. The molecule has 0 amide bonds. The first-order chi connectivity index (χ1) is 8.41. The third-order valence-electron chi connectivity index (χ3n) is 2.20. The van der Waals surface area contributed by atoms with Crippen LogP contribution in [0.4, 0.5) is 0 Å². The summed E-state index contributed by atoms with van der Waals surface area (Å²) < 4.78 is 32.7. The van der Waals surface area contributed by atoms with Crippen LogP contribution in [-0.2, 0) is 9.05 Å². The normalized spacial score (nSPS) is 11.5. The average molecular weight is 289 g/mol. The summed E-state index contributed by atoms with van der Waals surface area (Å²) in [5.74, 6) is 0.831. The van der Waals surface area contributed by atoms with Gasteiger partial charge in [0.15, 0.2) is 5.82 Å². The van der Waals surface area contributed by atoms with E-state index in [1.165, 1.54) is 19.2 Å². The molecule has 0 radical (unpaired) electrons. The lowest BCUT2D eigenvalue weighted by Crippen LogP contribution is -1.96. The number of rotatable bonds is 3. The first-order valence-corrected chi connectivity index (χ1v) is 7.16. The molecule has 2 rings (SSSR count). The molecule has 1 aromatic carbocycles. The average Bonchev–Trinajstić information content (AvgIpc) is 2.74. The van der Waals surface area contributed by atoms with Crippen LogP contribution in [0, 0.1) is 6.92 Å². The van der Waals surface area contributed by atoms with Gasteiger partial charge in [-0.15, -0.1) is 0 Å². The van der Waals surface area contributed by atoms with Gasteiger partial charge in [0.05, 0.1) is 7.11 Å². The van der Waals surface area contributed by atoms with E-state index in [1.54, 1.807) is 13.0 Å². The van der Waals surface area contributed by atoms with Crippen molar-refractivity contribution in [2.45, 2.75) is 11.8 Å². The Morgan fingerprint density at radius 3 is 2.61 bits per heavy atom. The van der Waals surface area contributed by atoms with Crippen molar-refractivity contribution in [3.05, 3.63) is 24.0 Å². The summed E-state index contributed by atoms with van der Waals surface area (Å²) in [6.45, 7) is 1.66. The van der Waals surface area contributed by atoms with Gasteiger partial charge in [0.2, 0.25) is 0 Å². The van der Waals surface area contributed by atoms with Crippen molar-refractivity contribution in [2.75, 3.05) is 7.11 Å². The number of benzene rings is 1. The van der Waals surface area contributed by atoms with Gasteiger partial charge in [0.1, 0.15) is 10.6 Å². The second kappa shape index (κ2) is 4.58. The van der Waals surface area contributed by atoms with E-state index in [0.29, 0.717) is 11.4 Å². The quantitative estimate of drug-likeness (QED) is 0.803. The van der Waals surface area contributed by atoms with E-state index in [2.05, 4.69) is 10.1 Å². The number of hydrogen-bond donors (Lipinski definition) is 0. The Morgan fingerprint density at radius 1 is 1.39 bits per heavy atom. The Balaban J connectivity index is 2.60. The first kappa shape index (κ1) is 12.8. The number of nitrogens with zero attached hydrogens (tertiary/aromatic N) is 2. The van der Waals surface area contributed by atoms with E-state index < -0.39 is 9.05 Å². The van der Waals surface area contributed by atoms with Crippen LogP contribution >= 0.6 is 10.7 Å². The molecule has 0 spiro atoms. The Hall–Kier alpha value is -1.60. The van der Waals surface area contributed by atoms with Crippen molar-refractivity contribution in [1.82, 2.24) is 10.1 Å². The zero-order valence-electron chi connectivity index (χ0n) is 9.55. The van der Waals surface area contributed by atoms with Crippen LogP contribution < -0.4 is 4.74 Å². The van der Waals surface area contributed by atoms with Crippen molar-refractivity contribution in [3.63, 3.8) is 0 Å². The van der Waals surface area contributed by atoms with E-state index in [0.717, 1.165) is 0 Å². The molecule has 96 valence electrons. The molecule has 0 atom stereocenters. The number of aryl methyl sites for hydroxylation is 1. The van der Waals surface area contributed by atoms with E-state index >= 15 is 0 Å². The van der Waals surface area contributed by atoms with Gasteiger partial charge in [-0.3, -0.25) is 0 Å². The van der Waals surface area contributed by atoms with Crippen LogP contribution in [0.5, 0.6) is 5.75 Å². The minimum absolute atomic E-state index is 0.139. The zero-order valence-corrected chi connectivity index (χ0v) is 11.1. The third kappa shape index (κ3) is 2.46. The van der Waals surface area contributed by atoms with Crippen LogP contribution in [0.3, 0.4) is 0 Å². The molecule has 0 aliphatic rings. The lowest BCUT2D eigenvalue weighted by molar-refractivity contribution is 0.402. The molecular formula is C10H9ClN2O4S. The fraction of sp³-hybridized carbons (Fsp3) is 0.200. The maximum atomic E-state index is 11.4. The van der Waals surface area contributed by atoms with Gasteiger partial charge in [0, 0.05) is 16.2 Å². The highest BCUT2D eigenvalue weighted by molar-refractivity contribution is 8.13. The second-order valence-electron chi connectivity index (χ2n) is 3.45. The highest BCUT2D eigenvalue weighted by Crippen LogP contribution is 2.31. The monoisotopic (exact) mass is 288 g/mol. The molecule has 0 fully saturated rings. The summed E-state index contributed by atoms with van der Waals surface area (Å²) in [7, 11) is 2.78. The van der Waals surface area contributed by atoms with Crippen molar-refractivity contribution in [1.29, 1.82) is 0 Å². The molecule has 0 unspecified atom stereocenters. The van der Waals surface area contributed by atoms with Gasteiger partial charge in [-0.05, 0) is 25.1 Å². The fourth-order valence-electron chi connectivity index (χ4n) is 1.41. The standard InChI is InChI=1S/C10H9ClN2O4S/c1-6-12-10(17-13-6)7-3-4-8(16-2)9(5-7)18(11,14)15/h3-5H,1-2H3. The molecule has 0 aliphatic heterocycles. The second-order valence-corrected chi connectivity index (χ2v) is 5.98. The highest BCUT2D eigenvalue weighted by atomic mass is 35.7. The van der Waals surface area contributed by atoms with E-state index in [4.69, 9.17) is 19.9 Å². The van der Waals surface area contributed by atoms with E-state index in [9.17, 15) is 8.42 Å². The summed E-state index contributed by atoms with van der Waals surface area (Å²) in [5, 5.41) is 3.63. The molecule has 1 heterocycles. The predicted molar refractivity (Wildman–Crippen MR) is 64.1 cm³/mol. The topological polar surface area (TPSA) is 82.3 Å². The van der Waals surface area contributed by atoms with Gasteiger partial charge in [-0.2, -0.15) is 4.98 Å². The Bertz CT molecular complexity index is 681. The number of hydrogen-bond acceptors (Lipinski definition) is 6. The summed E-state index contributed by atoms with van der Waals surface area (Å²) in [4.78, 5) is 3.86. The van der Waals surface area contributed by atoms with Crippen LogP contribution in [0.2, 0.25) is 0 Å². The predicted octanol–water partition coefficient (Wildman–Crippen LogP) is 1.98. The summed E-state index contributed by atoms with van der Waals surface area (Å²) in [5.41, 5.74) is 0.454. The van der Waals surface area contributed by atoms with Gasteiger partial charge in [-0.25, -0.2) is 8.42 Å². The van der Waals surface area contributed by atoms with Crippen molar-refractivity contribution < 1.29 is 17.7 Å². The number of methoxy groups -OCH3 is 1. The van der Waals surface area contributed by atoms with Crippen LogP contribution in [-0.4, -0.2) is 25.7 Å². The van der Waals surface area contributed by atoms with Crippen molar-refractivity contribution in [2.24, 2.45) is 0 Å².